The summed E-state index contributed by atoms with van der Waals surface area (Å²) in [4.78, 5) is 11.6. The number of carbonyl (C=O) groups excluding carboxylic acids is 1. The average molecular weight is 265 g/mol. The molecule has 0 spiro atoms. The van der Waals surface area contributed by atoms with E-state index >= 15 is 0 Å². The van der Waals surface area contributed by atoms with Crippen molar-refractivity contribution in [1.82, 2.24) is 5.32 Å². The molecule has 0 aromatic carbocycles. The van der Waals surface area contributed by atoms with Gasteiger partial charge >= 0.3 is 0 Å². The van der Waals surface area contributed by atoms with E-state index in [1.165, 1.54) is 32.1 Å². The van der Waals surface area contributed by atoms with Gasteiger partial charge in [-0.1, -0.05) is 32.1 Å². The van der Waals surface area contributed by atoms with Gasteiger partial charge in [0.1, 0.15) is 0 Å². The Morgan fingerprint density at radius 3 is 2.65 bits per heavy atom. The number of nitrogens with two attached hydrogens (primary N) is 1. The van der Waals surface area contributed by atoms with Gasteiger partial charge in [0.15, 0.2) is 0 Å². The summed E-state index contributed by atoms with van der Waals surface area (Å²) < 4.78 is 4.87. The first kappa shape index (κ1) is 16.7. The molecule has 0 unspecified atom stereocenters. The Morgan fingerprint density at radius 2 is 2.06 bits per heavy atom. The van der Waals surface area contributed by atoms with Gasteiger partial charge in [-0.15, -0.1) is 12.4 Å². The highest BCUT2D eigenvalue weighted by Gasteiger charge is 2.20. The van der Waals surface area contributed by atoms with Gasteiger partial charge in [0.05, 0.1) is 12.6 Å². The lowest BCUT2D eigenvalue weighted by Crippen LogP contribution is -2.43. The van der Waals surface area contributed by atoms with Crippen molar-refractivity contribution < 1.29 is 9.53 Å². The van der Waals surface area contributed by atoms with Gasteiger partial charge in [0, 0.05) is 13.7 Å². The molecule has 3 N–H and O–H groups in total. The Morgan fingerprint density at radius 1 is 1.41 bits per heavy atom. The first-order chi connectivity index (χ1) is 7.74. The van der Waals surface area contributed by atoms with Crippen molar-refractivity contribution in [2.45, 2.75) is 44.6 Å². The predicted molar refractivity (Wildman–Crippen MR) is 71.3 cm³/mol. The quantitative estimate of drug-likeness (QED) is 0.714. The van der Waals surface area contributed by atoms with Crippen LogP contribution >= 0.6 is 12.4 Å². The largest absolute Gasteiger partial charge is 0.383 e. The summed E-state index contributed by atoms with van der Waals surface area (Å²) in [5, 5.41) is 2.78. The van der Waals surface area contributed by atoms with Gasteiger partial charge in [0.2, 0.25) is 5.91 Å². The fourth-order valence-electron chi connectivity index (χ4n) is 2.30. The number of hydrogen-bond donors (Lipinski definition) is 2. The SMILES string of the molecule is COCCNC(=O)[C@@H](N)CC1CCCCC1.Cl. The summed E-state index contributed by atoms with van der Waals surface area (Å²) in [6.07, 6.45) is 7.23. The van der Waals surface area contributed by atoms with E-state index in [0.29, 0.717) is 19.1 Å². The van der Waals surface area contributed by atoms with E-state index in [0.717, 1.165) is 6.42 Å². The topological polar surface area (TPSA) is 64.3 Å². The van der Waals surface area contributed by atoms with Gasteiger partial charge in [-0.25, -0.2) is 0 Å². The second kappa shape index (κ2) is 9.68. The number of nitrogens with one attached hydrogen (secondary N) is 1. The molecule has 0 heterocycles. The maximum Gasteiger partial charge on any atom is 0.237 e. The monoisotopic (exact) mass is 264 g/mol. The van der Waals surface area contributed by atoms with E-state index in [1.54, 1.807) is 7.11 Å². The number of ether oxygens (including phenoxy) is 1. The van der Waals surface area contributed by atoms with Crippen LogP contribution in [0.5, 0.6) is 0 Å². The van der Waals surface area contributed by atoms with E-state index in [4.69, 9.17) is 10.5 Å². The number of carbonyl (C=O) groups is 1. The highest BCUT2D eigenvalue weighted by molar-refractivity contribution is 5.85. The van der Waals surface area contributed by atoms with Gasteiger partial charge < -0.3 is 15.8 Å². The Balaban J connectivity index is 0.00000256. The van der Waals surface area contributed by atoms with E-state index in [-0.39, 0.29) is 24.4 Å². The van der Waals surface area contributed by atoms with Crippen molar-refractivity contribution in [2.75, 3.05) is 20.3 Å². The summed E-state index contributed by atoms with van der Waals surface area (Å²) in [7, 11) is 1.62. The van der Waals surface area contributed by atoms with Gasteiger partial charge in [-0.3, -0.25) is 4.79 Å². The molecule has 1 aliphatic rings. The van der Waals surface area contributed by atoms with Crippen molar-refractivity contribution in [3.05, 3.63) is 0 Å². The maximum atomic E-state index is 11.6. The molecule has 0 aromatic rings. The molecule has 1 amide bonds. The standard InChI is InChI=1S/C12H24N2O2.ClH/c1-16-8-7-14-12(15)11(13)9-10-5-3-2-4-6-10;/h10-11H,2-9,13H2,1H3,(H,14,15);1H/t11-;/m0./s1. The molecule has 1 saturated carbocycles. The second-order valence-electron chi connectivity index (χ2n) is 4.63. The van der Waals surface area contributed by atoms with E-state index in [1.807, 2.05) is 0 Å². The first-order valence-corrected chi connectivity index (χ1v) is 6.26. The van der Waals surface area contributed by atoms with E-state index < -0.39 is 0 Å². The molecule has 0 saturated heterocycles. The van der Waals surface area contributed by atoms with E-state index in [9.17, 15) is 4.79 Å². The third kappa shape index (κ3) is 6.86. The molecular formula is C12H25ClN2O2. The van der Waals surface area contributed by atoms with Crippen LogP contribution in [0.15, 0.2) is 0 Å². The van der Waals surface area contributed by atoms with Gasteiger partial charge in [-0.05, 0) is 12.3 Å². The molecular weight excluding hydrogens is 240 g/mol. The smallest absolute Gasteiger partial charge is 0.237 e. The summed E-state index contributed by atoms with van der Waals surface area (Å²) >= 11 is 0. The van der Waals surface area contributed by atoms with Crippen LogP contribution in [0.4, 0.5) is 0 Å². The summed E-state index contributed by atoms with van der Waals surface area (Å²) in [6.45, 7) is 1.09. The molecule has 4 nitrogen and oxygen atoms in total. The minimum atomic E-state index is -0.347. The minimum absolute atomic E-state index is 0. The van der Waals surface area contributed by atoms with Crippen LogP contribution in [0.2, 0.25) is 0 Å². The van der Waals surface area contributed by atoms with Crippen LogP contribution in [0.25, 0.3) is 0 Å². The lowest BCUT2D eigenvalue weighted by atomic mass is 9.85. The highest BCUT2D eigenvalue weighted by Crippen LogP contribution is 2.26. The maximum absolute atomic E-state index is 11.6. The van der Waals surface area contributed by atoms with Gasteiger partial charge in [0.25, 0.3) is 0 Å². The van der Waals surface area contributed by atoms with Crippen LogP contribution < -0.4 is 11.1 Å². The molecule has 1 atom stereocenters. The number of hydrogen-bond acceptors (Lipinski definition) is 3. The lowest BCUT2D eigenvalue weighted by Gasteiger charge is -2.24. The van der Waals surface area contributed by atoms with Crippen molar-refractivity contribution >= 4 is 18.3 Å². The summed E-state index contributed by atoms with van der Waals surface area (Å²) in [6, 6.07) is -0.347. The Bertz CT molecular complexity index is 209. The first-order valence-electron chi connectivity index (χ1n) is 6.26. The number of halogens is 1. The van der Waals surface area contributed by atoms with E-state index in [2.05, 4.69) is 5.32 Å². The second-order valence-corrected chi connectivity index (χ2v) is 4.63. The third-order valence-electron chi connectivity index (χ3n) is 3.25. The third-order valence-corrected chi connectivity index (χ3v) is 3.25. The Hall–Kier alpha value is -0.320. The normalized spacial score (nSPS) is 18.2. The zero-order chi connectivity index (χ0) is 11.8. The fraction of sp³-hybridized carbons (Fsp3) is 0.917. The zero-order valence-corrected chi connectivity index (χ0v) is 11.4. The lowest BCUT2D eigenvalue weighted by molar-refractivity contribution is -0.123. The number of methoxy groups -OCH3 is 1. The molecule has 0 aliphatic heterocycles. The fourth-order valence-corrected chi connectivity index (χ4v) is 2.30. The van der Waals surface area contributed by atoms with Crippen molar-refractivity contribution in [1.29, 1.82) is 0 Å². The number of amides is 1. The average Bonchev–Trinajstić information content (AvgIpc) is 2.30. The highest BCUT2D eigenvalue weighted by atomic mass is 35.5. The molecule has 0 aromatic heterocycles. The van der Waals surface area contributed by atoms with Crippen molar-refractivity contribution in [3.63, 3.8) is 0 Å². The summed E-state index contributed by atoms with van der Waals surface area (Å²) in [5.41, 5.74) is 5.88. The Labute approximate surface area is 110 Å². The molecule has 0 radical (unpaired) electrons. The predicted octanol–water partition coefficient (Wildman–Crippen LogP) is 1.47. The zero-order valence-electron chi connectivity index (χ0n) is 10.6. The van der Waals surface area contributed by atoms with Crippen LogP contribution in [0.3, 0.4) is 0 Å². The van der Waals surface area contributed by atoms with Crippen molar-refractivity contribution in [2.24, 2.45) is 11.7 Å². The molecule has 102 valence electrons. The van der Waals surface area contributed by atoms with Gasteiger partial charge in [-0.2, -0.15) is 0 Å². The molecule has 0 bridgehead atoms. The van der Waals surface area contributed by atoms with Crippen LogP contribution in [-0.4, -0.2) is 32.2 Å². The molecule has 1 aliphatic carbocycles. The Kier molecular flexibility index (Phi) is 9.50. The molecule has 5 heteroatoms. The van der Waals surface area contributed by atoms with Crippen LogP contribution in [-0.2, 0) is 9.53 Å². The van der Waals surface area contributed by atoms with Crippen LogP contribution in [0.1, 0.15) is 38.5 Å². The molecule has 1 fully saturated rings. The molecule has 17 heavy (non-hydrogen) atoms. The molecule has 1 rings (SSSR count). The summed E-state index contributed by atoms with van der Waals surface area (Å²) in [5.74, 6) is 0.611. The number of rotatable bonds is 6. The van der Waals surface area contributed by atoms with Crippen molar-refractivity contribution in [3.8, 4) is 0 Å². The van der Waals surface area contributed by atoms with Crippen LogP contribution in [0, 0.1) is 5.92 Å². The minimum Gasteiger partial charge on any atom is -0.383 e.